The van der Waals surface area contributed by atoms with E-state index in [9.17, 15) is 0 Å². The van der Waals surface area contributed by atoms with E-state index in [4.69, 9.17) is 0 Å². The smallest absolute Gasteiger partial charge is 0.0386 e. The van der Waals surface area contributed by atoms with Gasteiger partial charge >= 0.3 is 0 Å². The van der Waals surface area contributed by atoms with Gasteiger partial charge in [0.1, 0.15) is 0 Å². The first kappa shape index (κ1) is 14.5. The maximum Gasteiger partial charge on any atom is 0.0386 e. The van der Waals surface area contributed by atoms with Gasteiger partial charge in [-0.05, 0) is 64.9 Å². The Morgan fingerprint density at radius 2 is 1.89 bits per heavy atom. The Morgan fingerprint density at radius 3 is 2.53 bits per heavy atom. The maximum atomic E-state index is 3.60. The Balaban J connectivity index is 2.14. The van der Waals surface area contributed by atoms with Crippen LogP contribution in [-0.4, -0.2) is 31.6 Å². The van der Waals surface area contributed by atoms with Crippen molar-refractivity contribution in [2.24, 2.45) is 5.92 Å². The first-order valence-electron chi connectivity index (χ1n) is 7.61. The maximum absolute atomic E-state index is 3.60. The summed E-state index contributed by atoms with van der Waals surface area (Å²) in [5.74, 6) is 0.748. The highest BCUT2D eigenvalue weighted by molar-refractivity contribution is 5.31. The van der Waals surface area contributed by atoms with Crippen LogP contribution in [0.2, 0.25) is 0 Å². The number of hydrogen-bond donors (Lipinski definition) is 1. The van der Waals surface area contributed by atoms with Crippen LogP contribution in [0.1, 0.15) is 42.5 Å². The molecule has 0 bridgehead atoms. The van der Waals surface area contributed by atoms with Crippen LogP contribution in [0, 0.1) is 19.8 Å². The highest BCUT2D eigenvalue weighted by atomic mass is 15.2. The summed E-state index contributed by atoms with van der Waals surface area (Å²) in [5.41, 5.74) is 4.27. The van der Waals surface area contributed by atoms with Crippen molar-refractivity contribution in [2.45, 2.75) is 39.7 Å². The van der Waals surface area contributed by atoms with Gasteiger partial charge in [0.05, 0.1) is 0 Å². The summed E-state index contributed by atoms with van der Waals surface area (Å²) in [4.78, 5) is 2.52. The number of rotatable bonds is 5. The summed E-state index contributed by atoms with van der Waals surface area (Å²) in [6.45, 7) is 10.1. The second-order valence-corrected chi connectivity index (χ2v) is 6.10. The summed E-state index contributed by atoms with van der Waals surface area (Å²) in [5, 5.41) is 3.60. The summed E-state index contributed by atoms with van der Waals surface area (Å²) in [7, 11) is 2.27. The van der Waals surface area contributed by atoms with Crippen molar-refractivity contribution in [2.75, 3.05) is 26.7 Å². The van der Waals surface area contributed by atoms with Crippen molar-refractivity contribution in [1.29, 1.82) is 0 Å². The third-order valence-corrected chi connectivity index (χ3v) is 4.19. The molecule has 2 unspecified atom stereocenters. The second-order valence-electron chi connectivity index (χ2n) is 6.10. The van der Waals surface area contributed by atoms with Crippen molar-refractivity contribution >= 4 is 0 Å². The molecule has 2 nitrogen and oxygen atoms in total. The predicted octanol–water partition coefficient (Wildman–Crippen LogP) is 3.30. The van der Waals surface area contributed by atoms with Crippen molar-refractivity contribution in [3.8, 4) is 0 Å². The molecule has 106 valence electrons. The molecule has 1 heterocycles. The molecular weight excluding hydrogens is 232 g/mol. The molecule has 0 aromatic heterocycles. The van der Waals surface area contributed by atoms with Gasteiger partial charge in [-0.1, -0.05) is 36.2 Å². The van der Waals surface area contributed by atoms with Gasteiger partial charge in [-0.2, -0.15) is 0 Å². The molecule has 2 atom stereocenters. The standard InChI is InChI=1S/C17H28N2/c1-5-7-18-12-15-6-8-19(4)17(15)16-10-13(2)9-14(3)11-16/h9-11,15,17-18H,5-8,12H2,1-4H3. The van der Waals surface area contributed by atoms with Gasteiger partial charge < -0.3 is 5.32 Å². The van der Waals surface area contributed by atoms with E-state index in [0.717, 1.165) is 19.0 Å². The highest BCUT2D eigenvalue weighted by Gasteiger charge is 2.32. The number of hydrogen-bond acceptors (Lipinski definition) is 2. The van der Waals surface area contributed by atoms with E-state index in [1.54, 1.807) is 0 Å². The monoisotopic (exact) mass is 260 g/mol. The first-order valence-corrected chi connectivity index (χ1v) is 7.61. The van der Waals surface area contributed by atoms with Gasteiger partial charge in [0.2, 0.25) is 0 Å². The van der Waals surface area contributed by atoms with Gasteiger partial charge in [0.15, 0.2) is 0 Å². The first-order chi connectivity index (χ1) is 9.11. The average Bonchev–Trinajstić information content (AvgIpc) is 2.70. The van der Waals surface area contributed by atoms with Gasteiger partial charge in [-0.3, -0.25) is 4.90 Å². The van der Waals surface area contributed by atoms with E-state index in [1.165, 1.54) is 36.1 Å². The molecule has 1 aromatic carbocycles. The molecule has 1 aliphatic heterocycles. The predicted molar refractivity (Wildman–Crippen MR) is 82.6 cm³/mol. The molecule has 2 rings (SSSR count). The zero-order valence-electron chi connectivity index (χ0n) is 12.9. The zero-order valence-corrected chi connectivity index (χ0v) is 12.9. The van der Waals surface area contributed by atoms with E-state index in [0.29, 0.717) is 6.04 Å². The van der Waals surface area contributed by atoms with Crippen LogP contribution < -0.4 is 5.32 Å². The fourth-order valence-electron chi connectivity index (χ4n) is 3.41. The minimum Gasteiger partial charge on any atom is -0.316 e. The molecule has 1 N–H and O–H groups in total. The molecule has 0 spiro atoms. The number of nitrogens with zero attached hydrogens (tertiary/aromatic N) is 1. The van der Waals surface area contributed by atoms with Gasteiger partial charge in [0, 0.05) is 6.04 Å². The molecule has 0 amide bonds. The van der Waals surface area contributed by atoms with Crippen LogP contribution in [-0.2, 0) is 0 Å². The third-order valence-electron chi connectivity index (χ3n) is 4.19. The molecule has 1 aliphatic rings. The molecule has 1 saturated heterocycles. The summed E-state index contributed by atoms with van der Waals surface area (Å²) < 4.78 is 0. The topological polar surface area (TPSA) is 15.3 Å². The SMILES string of the molecule is CCCNCC1CCN(C)C1c1cc(C)cc(C)c1. The Hall–Kier alpha value is -0.860. The quantitative estimate of drug-likeness (QED) is 0.817. The normalized spacial score (nSPS) is 24.0. The lowest BCUT2D eigenvalue weighted by Crippen LogP contribution is -2.29. The van der Waals surface area contributed by atoms with Crippen molar-refractivity contribution in [3.05, 3.63) is 34.9 Å². The molecule has 0 radical (unpaired) electrons. The van der Waals surface area contributed by atoms with E-state index in [-0.39, 0.29) is 0 Å². The minimum atomic E-state index is 0.586. The molecule has 2 heteroatoms. The summed E-state index contributed by atoms with van der Waals surface area (Å²) in [6, 6.07) is 7.59. The summed E-state index contributed by atoms with van der Waals surface area (Å²) in [6.07, 6.45) is 2.53. The fraction of sp³-hybridized carbons (Fsp3) is 0.647. The molecule has 0 saturated carbocycles. The Morgan fingerprint density at radius 1 is 1.21 bits per heavy atom. The van der Waals surface area contributed by atoms with Crippen LogP contribution in [0.25, 0.3) is 0 Å². The van der Waals surface area contributed by atoms with Gasteiger partial charge in [0.25, 0.3) is 0 Å². The lowest BCUT2D eigenvalue weighted by atomic mass is 9.91. The second kappa shape index (κ2) is 6.53. The van der Waals surface area contributed by atoms with Crippen LogP contribution >= 0.6 is 0 Å². The third kappa shape index (κ3) is 3.58. The van der Waals surface area contributed by atoms with Gasteiger partial charge in [-0.25, -0.2) is 0 Å². The molecule has 19 heavy (non-hydrogen) atoms. The minimum absolute atomic E-state index is 0.586. The molecule has 1 fully saturated rings. The van der Waals surface area contributed by atoms with E-state index in [1.807, 2.05) is 0 Å². The van der Waals surface area contributed by atoms with Crippen LogP contribution in [0.5, 0.6) is 0 Å². The Labute approximate surface area is 118 Å². The van der Waals surface area contributed by atoms with Gasteiger partial charge in [-0.15, -0.1) is 0 Å². The lowest BCUT2D eigenvalue weighted by Gasteiger charge is -2.26. The van der Waals surface area contributed by atoms with Crippen molar-refractivity contribution in [1.82, 2.24) is 10.2 Å². The average molecular weight is 260 g/mol. The van der Waals surface area contributed by atoms with Crippen molar-refractivity contribution < 1.29 is 0 Å². The van der Waals surface area contributed by atoms with E-state index in [2.05, 4.69) is 56.2 Å². The Kier molecular flexibility index (Phi) is 5.00. The van der Waals surface area contributed by atoms with E-state index < -0.39 is 0 Å². The number of aryl methyl sites for hydroxylation is 2. The summed E-state index contributed by atoms with van der Waals surface area (Å²) >= 11 is 0. The molecular formula is C17H28N2. The van der Waals surface area contributed by atoms with Crippen molar-refractivity contribution in [3.63, 3.8) is 0 Å². The molecule has 1 aromatic rings. The number of nitrogens with one attached hydrogen (secondary N) is 1. The fourth-order valence-corrected chi connectivity index (χ4v) is 3.41. The van der Waals surface area contributed by atoms with E-state index >= 15 is 0 Å². The number of likely N-dealkylation sites (tertiary alicyclic amines) is 1. The Bertz CT molecular complexity index is 393. The molecule has 0 aliphatic carbocycles. The van der Waals surface area contributed by atoms with Crippen LogP contribution in [0.15, 0.2) is 18.2 Å². The highest BCUT2D eigenvalue weighted by Crippen LogP contribution is 2.36. The van der Waals surface area contributed by atoms with Crippen LogP contribution in [0.3, 0.4) is 0 Å². The zero-order chi connectivity index (χ0) is 13.8. The van der Waals surface area contributed by atoms with Crippen LogP contribution in [0.4, 0.5) is 0 Å². The lowest BCUT2D eigenvalue weighted by molar-refractivity contribution is 0.272. The largest absolute Gasteiger partial charge is 0.316 e. The number of benzene rings is 1.